The van der Waals surface area contributed by atoms with Gasteiger partial charge in [0, 0.05) is 19.6 Å². The van der Waals surface area contributed by atoms with E-state index in [1.54, 1.807) is 0 Å². The Morgan fingerprint density at radius 1 is 0.929 bits per heavy atom. The zero-order valence-corrected chi connectivity index (χ0v) is 18.7. The van der Waals surface area contributed by atoms with E-state index >= 15 is 0 Å². The monoisotopic (exact) mass is 391 g/mol. The highest BCUT2D eigenvalue weighted by Crippen LogP contribution is 2.14. The van der Waals surface area contributed by atoms with Gasteiger partial charge in [0.25, 0.3) is 0 Å². The van der Waals surface area contributed by atoms with E-state index < -0.39 is 5.60 Å². The molecule has 0 aliphatic rings. The maximum absolute atomic E-state index is 12.7. The van der Waals surface area contributed by atoms with E-state index in [4.69, 9.17) is 10.5 Å². The van der Waals surface area contributed by atoms with E-state index in [1.807, 2.05) is 49.9 Å². The standard InChI is InChI=1S/C23H41N3O2/c1-6-14-25(15-7-2)16-8-9-17-26(22(27)28-23(3,4)5)19-21-12-10-20(18-24)11-13-21/h10-13H,6-9,14-19,24H2,1-5H3. The molecule has 28 heavy (non-hydrogen) atoms. The first kappa shape index (κ1) is 24.4. The molecule has 0 saturated heterocycles. The molecule has 0 unspecified atom stereocenters. The highest BCUT2D eigenvalue weighted by Gasteiger charge is 2.22. The second-order valence-corrected chi connectivity index (χ2v) is 8.47. The lowest BCUT2D eigenvalue weighted by Gasteiger charge is -2.28. The summed E-state index contributed by atoms with van der Waals surface area (Å²) >= 11 is 0. The van der Waals surface area contributed by atoms with Crippen LogP contribution in [0.2, 0.25) is 0 Å². The van der Waals surface area contributed by atoms with E-state index in [0.717, 1.165) is 43.6 Å². The maximum Gasteiger partial charge on any atom is 0.410 e. The molecule has 0 bridgehead atoms. The van der Waals surface area contributed by atoms with Crippen LogP contribution in [0.5, 0.6) is 0 Å². The number of hydrogen-bond acceptors (Lipinski definition) is 4. The Kier molecular flexibility index (Phi) is 11.2. The van der Waals surface area contributed by atoms with Crippen LogP contribution in [0.25, 0.3) is 0 Å². The number of nitrogens with two attached hydrogens (primary N) is 1. The van der Waals surface area contributed by atoms with Crippen molar-refractivity contribution in [2.75, 3.05) is 26.2 Å². The van der Waals surface area contributed by atoms with Crippen molar-refractivity contribution in [1.82, 2.24) is 9.80 Å². The molecule has 5 nitrogen and oxygen atoms in total. The number of carbonyl (C=O) groups is 1. The van der Waals surface area contributed by atoms with E-state index in [2.05, 4.69) is 18.7 Å². The molecule has 1 rings (SSSR count). The van der Waals surface area contributed by atoms with Crippen molar-refractivity contribution in [3.05, 3.63) is 35.4 Å². The second kappa shape index (κ2) is 12.8. The summed E-state index contributed by atoms with van der Waals surface area (Å²) in [4.78, 5) is 17.0. The predicted molar refractivity (Wildman–Crippen MR) is 117 cm³/mol. The average molecular weight is 392 g/mol. The van der Waals surface area contributed by atoms with Crippen molar-refractivity contribution >= 4 is 6.09 Å². The SMILES string of the molecule is CCCN(CCC)CCCCN(Cc1ccc(CN)cc1)C(=O)OC(C)(C)C. The van der Waals surface area contributed by atoms with Crippen LogP contribution in [0.15, 0.2) is 24.3 Å². The lowest BCUT2D eigenvalue weighted by atomic mass is 10.1. The van der Waals surface area contributed by atoms with E-state index in [9.17, 15) is 4.79 Å². The van der Waals surface area contributed by atoms with Gasteiger partial charge in [-0.25, -0.2) is 4.79 Å². The van der Waals surface area contributed by atoms with E-state index in [1.165, 1.54) is 12.8 Å². The van der Waals surface area contributed by atoms with Gasteiger partial charge in [0.05, 0.1) is 0 Å². The van der Waals surface area contributed by atoms with Gasteiger partial charge in [-0.05, 0) is 77.2 Å². The number of nitrogens with zero attached hydrogens (tertiary/aromatic N) is 2. The number of ether oxygens (including phenoxy) is 1. The largest absolute Gasteiger partial charge is 0.444 e. The normalized spacial score (nSPS) is 11.7. The van der Waals surface area contributed by atoms with Gasteiger partial charge in [0.2, 0.25) is 0 Å². The molecule has 0 aliphatic carbocycles. The lowest BCUT2D eigenvalue weighted by Crippen LogP contribution is -2.37. The minimum Gasteiger partial charge on any atom is -0.444 e. The molecule has 0 spiro atoms. The summed E-state index contributed by atoms with van der Waals surface area (Å²) in [6.07, 6.45) is 4.19. The van der Waals surface area contributed by atoms with Crippen molar-refractivity contribution in [3.8, 4) is 0 Å². The lowest BCUT2D eigenvalue weighted by molar-refractivity contribution is 0.0229. The Hall–Kier alpha value is -1.59. The average Bonchev–Trinajstić information content (AvgIpc) is 2.63. The minimum absolute atomic E-state index is 0.241. The quantitative estimate of drug-likeness (QED) is 0.521. The Morgan fingerprint density at radius 3 is 1.96 bits per heavy atom. The van der Waals surface area contributed by atoms with Gasteiger partial charge in [-0.2, -0.15) is 0 Å². The number of amides is 1. The number of unbranched alkanes of at least 4 members (excludes halogenated alkanes) is 1. The van der Waals surface area contributed by atoms with Gasteiger partial charge in [-0.15, -0.1) is 0 Å². The van der Waals surface area contributed by atoms with Gasteiger partial charge in [-0.1, -0.05) is 38.1 Å². The van der Waals surface area contributed by atoms with Crippen molar-refractivity contribution < 1.29 is 9.53 Å². The first-order valence-corrected chi connectivity index (χ1v) is 10.8. The summed E-state index contributed by atoms with van der Waals surface area (Å²) in [6.45, 7) is 15.4. The topological polar surface area (TPSA) is 58.8 Å². The molecule has 2 N–H and O–H groups in total. The van der Waals surface area contributed by atoms with Crippen LogP contribution < -0.4 is 5.73 Å². The fourth-order valence-corrected chi connectivity index (χ4v) is 3.17. The Balaban J connectivity index is 2.65. The second-order valence-electron chi connectivity index (χ2n) is 8.47. The van der Waals surface area contributed by atoms with E-state index in [-0.39, 0.29) is 6.09 Å². The van der Waals surface area contributed by atoms with E-state index in [0.29, 0.717) is 19.6 Å². The molecule has 160 valence electrons. The molecular formula is C23H41N3O2. The highest BCUT2D eigenvalue weighted by atomic mass is 16.6. The molecule has 0 aliphatic heterocycles. The molecule has 0 atom stereocenters. The van der Waals surface area contributed by atoms with Crippen LogP contribution in [0, 0.1) is 0 Å². The van der Waals surface area contributed by atoms with Crippen LogP contribution in [-0.4, -0.2) is 47.7 Å². The molecule has 1 amide bonds. The van der Waals surface area contributed by atoms with Gasteiger partial charge in [0.1, 0.15) is 5.60 Å². The van der Waals surface area contributed by atoms with Gasteiger partial charge < -0.3 is 20.3 Å². The van der Waals surface area contributed by atoms with Gasteiger partial charge >= 0.3 is 6.09 Å². The Bertz CT molecular complexity index is 546. The van der Waals surface area contributed by atoms with Crippen LogP contribution in [0.3, 0.4) is 0 Å². The highest BCUT2D eigenvalue weighted by molar-refractivity contribution is 5.68. The van der Waals surface area contributed by atoms with Gasteiger partial charge in [0.15, 0.2) is 0 Å². The molecular weight excluding hydrogens is 350 g/mol. The van der Waals surface area contributed by atoms with Gasteiger partial charge in [-0.3, -0.25) is 0 Å². The molecule has 0 aromatic heterocycles. The zero-order chi connectivity index (χ0) is 21.0. The number of carbonyl (C=O) groups excluding carboxylic acids is 1. The summed E-state index contributed by atoms with van der Waals surface area (Å²) in [5.41, 5.74) is 7.39. The van der Waals surface area contributed by atoms with Crippen LogP contribution in [-0.2, 0) is 17.8 Å². The summed E-state index contributed by atoms with van der Waals surface area (Å²) in [7, 11) is 0. The molecule has 0 radical (unpaired) electrons. The molecule has 1 aromatic rings. The number of benzene rings is 1. The molecule has 0 heterocycles. The first-order chi connectivity index (χ1) is 13.3. The van der Waals surface area contributed by atoms with Crippen LogP contribution >= 0.6 is 0 Å². The Labute approximate surface area is 172 Å². The molecule has 0 saturated carbocycles. The first-order valence-electron chi connectivity index (χ1n) is 10.8. The third kappa shape index (κ3) is 10.1. The van der Waals surface area contributed by atoms with Crippen molar-refractivity contribution in [3.63, 3.8) is 0 Å². The predicted octanol–water partition coefficient (Wildman–Crippen LogP) is 4.78. The van der Waals surface area contributed by atoms with Crippen molar-refractivity contribution in [2.24, 2.45) is 5.73 Å². The smallest absolute Gasteiger partial charge is 0.410 e. The summed E-state index contributed by atoms with van der Waals surface area (Å²) in [6, 6.07) is 8.14. The molecule has 1 aromatic carbocycles. The van der Waals surface area contributed by atoms with Crippen molar-refractivity contribution in [2.45, 2.75) is 79.0 Å². The summed E-state index contributed by atoms with van der Waals surface area (Å²) in [5, 5.41) is 0. The van der Waals surface area contributed by atoms with Crippen LogP contribution in [0.4, 0.5) is 4.79 Å². The summed E-state index contributed by atoms with van der Waals surface area (Å²) in [5.74, 6) is 0. The number of rotatable bonds is 12. The van der Waals surface area contributed by atoms with Crippen molar-refractivity contribution in [1.29, 1.82) is 0 Å². The summed E-state index contributed by atoms with van der Waals surface area (Å²) < 4.78 is 5.63. The molecule has 0 fully saturated rings. The van der Waals surface area contributed by atoms with Crippen LogP contribution in [0.1, 0.15) is 71.4 Å². The number of hydrogen-bond donors (Lipinski definition) is 1. The fourth-order valence-electron chi connectivity index (χ4n) is 3.17. The third-order valence-corrected chi connectivity index (χ3v) is 4.52. The maximum atomic E-state index is 12.7. The fraction of sp³-hybridized carbons (Fsp3) is 0.696. The Morgan fingerprint density at radius 2 is 1.46 bits per heavy atom. The zero-order valence-electron chi connectivity index (χ0n) is 18.7. The molecule has 5 heteroatoms. The third-order valence-electron chi connectivity index (χ3n) is 4.52. The minimum atomic E-state index is -0.488.